The average molecular weight is 359 g/mol. The minimum absolute atomic E-state index is 0.692. The van der Waals surface area contributed by atoms with Gasteiger partial charge in [0.15, 0.2) is 5.65 Å². The Morgan fingerprint density at radius 3 is 2.48 bits per heavy atom. The van der Waals surface area contributed by atoms with Crippen LogP contribution in [-0.4, -0.2) is 26.7 Å². The lowest BCUT2D eigenvalue weighted by Crippen LogP contribution is -2.07. The lowest BCUT2D eigenvalue weighted by Gasteiger charge is -2.10. The van der Waals surface area contributed by atoms with Crippen LogP contribution in [0, 0.1) is 13.8 Å². The Hall–Kier alpha value is -3.41. The Balaban J connectivity index is 1.76. The third-order valence-electron chi connectivity index (χ3n) is 4.49. The molecule has 6 nitrogen and oxygen atoms in total. The van der Waals surface area contributed by atoms with Crippen LogP contribution < -0.4 is 10.1 Å². The molecule has 6 heteroatoms. The maximum Gasteiger partial charge on any atom is 0.165 e. The number of anilines is 1. The molecule has 0 radical (unpaired) electrons. The molecule has 4 rings (SSSR count). The van der Waals surface area contributed by atoms with Crippen molar-refractivity contribution in [2.45, 2.75) is 20.4 Å². The van der Waals surface area contributed by atoms with Crippen molar-refractivity contribution in [1.82, 2.24) is 19.6 Å². The van der Waals surface area contributed by atoms with Crippen LogP contribution in [-0.2, 0) is 6.54 Å². The van der Waals surface area contributed by atoms with Gasteiger partial charge in [-0.25, -0.2) is 4.98 Å². The summed E-state index contributed by atoms with van der Waals surface area (Å²) in [6.07, 6.45) is 3.59. The molecule has 0 saturated heterocycles. The molecule has 0 unspecified atom stereocenters. The fraction of sp³-hybridized carbons (Fsp3) is 0.190. The predicted molar refractivity (Wildman–Crippen MR) is 106 cm³/mol. The number of fused-ring (bicyclic) bond motifs is 1. The first kappa shape index (κ1) is 17.0. The van der Waals surface area contributed by atoms with E-state index in [0.29, 0.717) is 6.54 Å². The summed E-state index contributed by atoms with van der Waals surface area (Å²) in [4.78, 5) is 8.81. The average Bonchev–Trinajstić information content (AvgIpc) is 3.02. The van der Waals surface area contributed by atoms with Crippen LogP contribution in [0.5, 0.6) is 5.75 Å². The van der Waals surface area contributed by atoms with Gasteiger partial charge in [-0.15, -0.1) is 0 Å². The van der Waals surface area contributed by atoms with E-state index in [1.54, 1.807) is 19.5 Å². The van der Waals surface area contributed by atoms with Gasteiger partial charge in [-0.3, -0.25) is 4.98 Å². The van der Waals surface area contributed by atoms with Crippen molar-refractivity contribution in [2.75, 3.05) is 12.4 Å². The maximum absolute atomic E-state index is 5.27. The topological polar surface area (TPSA) is 64.3 Å². The lowest BCUT2D eigenvalue weighted by atomic mass is 10.1. The molecule has 0 atom stereocenters. The van der Waals surface area contributed by atoms with Gasteiger partial charge in [-0.2, -0.15) is 9.61 Å². The quantitative estimate of drug-likeness (QED) is 0.583. The highest BCUT2D eigenvalue weighted by molar-refractivity contribution is 5.81. The van der Waals surface area contributed by atoms with Crippen molar-refractivity contribution in [1.29, 1.82) is 0 Å². The molecular formula is C21H21N5O. The van der Waals surface area contributed by atoms with Gasteiger partial charge in [0.05, 0.1) is 12.8 Å². The molecular weight excluding hydrogens is 338 g/mol. The molecule has 0 spiro atoms. The number of hydrogen-bond donors (Lipinski definition) is 1. The highest BCUT2D eigenvalue weighted by Crippen LogP contribution is 2.30. The monoisotopic (exact) mass is 359 g/mol. The summed E-state index contributed by atoms with van der Waals surface area (Å²) in [6.45, 7) is 4.70. The maximum atomic E-state index is 5.27. The standard InChI is InChI=1S/C21H21N5O/c1-14-12-19(23-13-16-8-10-22-11-9-16)26-21(24-14)20(15(2)25-26)17-4-6-18(27-3)7-5-17/h4-12,23H,13H2,1-3H3. The number of nitrogens with zero attached hydrogens (tertiary/aromatic N) is 4. The van der Waals surface area contributed by atoms with Crippen molar-refractivity contribution >= 4 is 11.5 Å². The van der Waals surface area contributed by atoms with E-state index in [0.717, 1.165) is 45.3 Å². The number of aromatic nitrogens is 4. The fourth-order valence-electron chi connectivity index (χ4n) is 3.16. The number of rotatable bonds is 5. The number of pyridine rings is 1. The van der Waals surface area contributed by atoms with E-state index >= 15 is 0 Å². The van der Waals surface area contributed by atoms with Crippen LogP contribution in [0.1, 0.15) is 17.0 Å². The molecule has 3 heterocycles. The first-order valence-corrected chi connectivity index (χ1v) is 8.80. The van der Waals surface area contributed by atoms with E-state index in [9.17, 15) is 0 Å². The Morgan fingerprint density at radius 2 is 1.78 bits per heavy atom. The van der Waals surface area contributed by atoms with Crippen LogP contribution in [0.3, 0.4) is 0 Å². The summed E-state index contributed by atoms with van der Waals surface area (Å²) in [5, 5.41) is 8.20. The molecule has 1 N–H and O–H groups in total. The number of hydrogen-bond acceptors (Lipinski definition) is 5. The predicted octanol–water partition coefficient (Wildman–Crippen LogP) is 4.03. The molecule has 1 aromatic carbocycles. The van der Waals surface area contributed by atoms with Crippen molar-refractivity contribution in [3.63, 3.8) is 0 Å². The number of nitrogens with one attached hydrogen (secondary N) is 1. The first-order chi connectivity index (χ1) is 13.2. The van der Waals surface area contributed by atoms with Gasteiger partial charge in [0.2, 0.25) is 0 Å². The van der Waals surface area contributed by atoms with Gasteiger partial charge < -0.3 is 10.1 Å². The van der Waals surface area contributed by atoms with Gasteiger partial charge in [0.1, 0.15) is 11.6 Å². The van der Waals surface area contributed by atoms with E-state index in [1.165, 1.54) is 0 Å². The van der Waals surface area contributed by atoms with Crippen LogP contribution in [0.4, 0.5) is 5.82 Å². The van der Waals surface area contributed by atoms with Crippen molar-refractivity contribution in [3.8, 4) is 16.9 Å². The van der Waals surface area contributed by atoms with Gasteiger partial charge in [-0.1, -0.05) is 12.1 Å². The normalized spacial score (nSPS) is 10.9. The van der Waals surface area contributed by atoms with Crippen LogP contribution in [0.25, 0.3) is 16.8 Å². The Morgan fingerprint density at radius 1 is 1.04 bits per heavy atom. The van der Waals surface area contributed by atoms with E-state index in [4.69, 9.17) is 14.8 Å². The van der Waals surface area contributed by atoms with E-state index in [-0.39, 0.29) is 0 Å². The molecule has 0 fully saturated rings. The fourth-order valence-corrected chi connectivity index (χ4v) is 3.16. The van der Waals surface area contributed by atoms with E-state index in [2.05, 4.69) is 10.3 Å². The van der Waals surface area contributed by atoms with Crippen molar-refractivity contribution < 1.29 is 4.74 Å². The van der Waals surface area contributed by atoms with Crippen LogP contribution in [0.2, 0.25) is 0 Å². The summed E-state index contributed by atoms with van der Waals surface area (Å²) in [6, 6.07) is 14.0. The highest BCUT2D eigenvalue weighted by Gasteiger charge is 2.16. The Labute approximate surface area is 157 Å². The summed E-state index contributed by atoms with van der Waals surface area (Å²) in [7, 11) is 1.67. The number of ether oxygens (including phenoxy) is 1. The molecule has 136 valence electrons. The van der Waals surface area contributed by atoms with E-state index in [1.807, 2.05) is 60.8 Å². The zero-order chi connectivity index (χ0) is 18.8. The zero-order valence-electron chi connectivity index (χ0n) is 15.6. The molecule has 0 amide bonds. The summed E-state index contributed by atoms with van der Waals surface area (Å²) in [5.41, 5.74) is 5.98. The number of methoxy groups -OCH3 is 1. The van der Waals surface area contributed by atoms with Crippen molar-refractivity contribution in [3.05, 3.63) is 71.8 Å². The molecule has 0 bridgehead atoms. The molecule has 0 aliphatic heterocycles. The van der Waals surface area contributed by atoms with Gasteiger partial charge in [0.25, 0.3) is 0 Å². The number of benzene rings is 1. The van der Waals surface area contributed by atoms with E-state index < -0.39 is 0 Å². The minimum atomic E-state index is 0.692. The largest absolute Gasteiger partial charge is 0.497 e. The molecule has 0 aliphatic carbocycles. The SMILES string of the molecule is COc1ccc(-c2c(C)nn3c(NCc4ccncc4)cc(C)nc23)cc1. The summed E-state index contributed by atoms with van der Waals surface area (Å²) < 4.78 is 7.14. The van der Waals surface area contributed by atoms with Crippen molar-refractivity contribution in [2.24, 2.45) is 0 Å². The molecule has 3 aromatic heterocycles. The van der Waals surface area contributed by atoms with Gasteiger partial charge in [-0.05, 0) is 49.2 Å². The minimum Gasteiger partial charge on any atom is -0.497 e. The van der Waals surface area contributed by atoms with Crippen LogP contribution >= 0.6 is 0 Å². The van der Waals surface area contributed by atoms with Crippen LogP contribution in [0.15, 0.2) is 54.9 Å². The molecule has 0 aliphatic rings. The third-order valence-corrected chi connectivity index (χ3v) is 4.49. The number of aryl methyl sites for hydroxylation is 2. The second-order valence-corrected chi connectivity index (χ2v) is 6.42. The molecule has 27 heavy (non-hydrogen) atoms. The summed E-state index contributed by atoms with van der Waals surface area (Å²) in [5.74, 6) is 1.74. The van der Waals surface area contributed by atoms with Gasteiger partial charge in [0, 0.05) is 36.3 Å². The van der Waals surface area contributed by atoms with Gasteiger partial charge >= 0.3 is 0 Å². The smallest absolute Gasteiger partial charge is 0.165 e. The summed E-state index contributed by atoms with van der Waals surface area (Å²) >= 11 is 0. The highest BCUT2D eigenvalue weighted by atomic mass is 16.5. The Kier molecular flexibility index (Phi) is 4.46. The second kappa shape index (κ2) is 7.07. The lowest BCUT2D eigenvalue weighted by molar-refractivity contribution is 0.415. The molecule has 4 aromatic rings. The molecule has 0 saturated carbocycles. The second-order valence-electron chi connectivity index (χ2n) is 6.42. The Bertz CT molecular complexity index is 1070. The third kappa shape index (κ3) is 3.33. The first-order valence-electron chi connectivity index (χ1n) is 8.80. The zero-order valence-corrected chi connectivity index (χ0v) is 15.6.